The molecule has 0 amide bonds. The zero-order chi connectivity index (χ0) is 22.4. The maximum atomic E-state index is 11.4. The third-order valence-electron chi connectivity index (χ3n) is 5.56. The molecule has 6 nitrogen and oxygen atoms in total. The van der Waals surface area contributed by atoms with Gasteiger partial charge < -0.3 is 14.9 Å². The second-order valence-corrected chi connectivity index (χ2v) is 13.7. The molecular weight excluding hydrogens is 394 g/mol. The maximum absolute atomic E-state index is 11.4. The van der Waals surface area contributed by atoms with Crippen LogP contribution in [0, 0.1) is 0 Å². The molecule has 2 N–H and O–H groups in total. The number of nitrogens with two attached hydrogens (primary N) is 1. The Hall–Kier alpha value is -2.41. The highest BCUT2D eigenvalue weighted by Gasteiger charge is 2.38. The van der Waals surface area contributed by atoms with E-state index in [1.165, 1.54) is 0 Å². The van der Waals surface area contributed by atoms with Crippen LogP contribution < -0.4 is 10.2 Å². The number of ether oxygens (including phenoxy) is 1. The normalized spacial score (nSPS) is 11.9. The lowest BCUT2D eigenvalue weighted by molar-refractivity contribution is -0.143. The van der Waals surface area contributed by atoms with Crippen LogP contribution in [0.25, 0.3) is 11.3 Å². The van der Waals surface area contributed by atoms with Crippen molar-refractivity contribution >= 4 is 20.1 Å². The standard InChI is InChI=1S/C23H35N3O3Si/c1-7-28-21(27)11-9-8-10-19-22(24)25-16-20(26-19)17-12-14-18(15-13-17)29-30(5,6)23(2,3)4/h12-16H,7-11H2,1-6H3,(H2,24,25). The molecule has 0 bridgehead atoms. The lowest BCUT2D eigenvalue weighted by atomic mass is 10.1. The number of hydrogen-bond donors (Lipinski definition) is 1. The highest BCUT2D eigenvalue weighted by molar-refractivity contribution is 6.74. The number of unbranched alkanes of at least 4 members (excludes halogenated alkanes) is 1. The minimum Gasteiger partial charge on any atom is -0.544 e. The number of carbonyl (C=O) groups is 1. The predicted molar refractivity (Wildman–Crippen MR) is 124 cm³/mol. The number of carbonyl (C=O) groups excluding carboxylic acids is 1. The lowest BCUT2D eigenvalue weighted by Crippen LogP contribution is -2.43. The first-order valence-corrected chi connectivity index (χ1v) is 13.5. The van der Waals surface area contributed by atoms with E-state index in [9.17, 15) is 4.79 Å². The number of esters is 1. The summed E-state index contributed by atoms with van der Waals surface area (Å²) in [6.45, 7) is 13.4. The highest BCUT2D eigenvalue weighted by atomic mass is 28.4. The molecule has 1 heterocycles. The average Bonchev–Trinajstić information content (AvgIpc) is 2.66. The monoisotopic (exact) mass is 429 g/mol. The predicted octanol–water partition coefficient (Wildman–Crippen LogP) is 5.39. The Kier molecular flexibility index (Phi) is 8.01. The smallest absolute Gasteiger partial charge is 0.305 e. The first kappa shape index (κ1) is 23.9. The summed E-state index contributed by atoms with van der Waals surface area (Å²) in [7, 11) is -1.87. The minimum atomic E-state index is -1.87. The Morgan fingerprint density at radius 3 is 2.40 bits per heavy atom. The topological polar surface area (TPSA) is 87.3 Å². The van der Waals surface area contributed by atoms with Crippen LogP contribution in [-0.4, -0.2) is 30.9 Å². The molecule has 30 heavy (non-hydrogen) atoms. The van der Waals surface area contributed by atoms with Gasteiger partial charge in [0.05, 0.1) is 24.2 Å². The fraction of sp³-hybridized carbons (Fsp3) is 0.522. The van der Waals surface area contributed by atoms with Gasteiger partial charge in [0.25, 0.3) is 0 Å². The molecule has 2 aromatic rings. The fourth-order valence-corrected chi connectivity index (χ4v) is 3.73. The summed E-state index contributed by atoms with van der Waals surface area (Å²) in [5.41, 5.74) is 8.52. The van der Waals surface area contributed by atoms with E-state index in [-0.39, 0.29) is 11.0 Å². The van der Waals surface area contributed by atoms with Crippen molar-refractivity contribution in [3.05, 3.63) is 36.2 Å². The van der Waals surface area contributed by atoms with Crippen LogP contribution >= 0.6 is 0 Å². The molecule has 0 saturated carbocycles. The van der Waals surface area contributed by atoms with Gasteiger partial charge in [-0.25, -0.2) is 9.97 Å². The van der Waals surface area contributed by atoms with Crippen molar-refractivity contribution < 1.29 is 14.0 Å². The van der Waals surface area contributed by atoms with E-state index in [1.54, 1.807) is 6.20 Å². The number of hydrogen-bond acceptors (Lipinski definition) is 6. The highest BCUT2D eigenvalue weighted by Crippen LogP contribution is 2.37. The maximum Gasteiger partial charge on any atom is 0.305 e. The fourth-order valence-electron chi connectivity index (χ4n) is 2.70. The van der Waals surface area contributed by atoms with Gasteiger partial charge >= 0.3 is 5.97 Å². The first-order chi connectivity index (χ1) is 14.0. The van der Waals surface area contributed by atoms with E-state index in [2.05, 4.69) is 38.8 Å². The molecule has 0 aliphatic heterocycles. The Morgan fingerprint density at radius 2 is 1.80 bits per heavy atom. The third-order valence-corrected chi connectivity index (χ3v) is 9.91. The van der Waals surface area contributed by atoms with Crippen LogP contribution in [0.5, 0.6) is 5.75 Å². The van der Waals surface area contributed by atoms with Gasteiger partial charge in [0, 0.05) is 12.0 Å². The van der Waals surface area contributed by atoms with E-state index in [1.807, 2.05) is 31.2 Å². The van der Waals surface area contributed by atoms with E-state index in [0.29, 0.717) is 25.3 Å². The summed E-state index contributed by atoms with van der Waals surface area (Å²) in [6.07, 6.45) is 4.33. The quantitative estimate of drug-likeness (QED) is 0.327. The summed E-state index contributed by atoms with van der Waals surface area (Å²) in [4.78, 5) is 20.5. The molecule has 2 rings (SSSR count). The van der Waals surface area contributed by atoms with Crippen molar-refractivity contribution in [2.24, 2.45) is 0 Å². The molecule has 0 saturated heterocycles. The van der Waals surface area contributed by atoms with Crippen molar-refractivity contribution in [1.29, 1.82) is 0 Å². The number of aryl methyl sites for hydroxylation is 1. The molecule has 1 aromatic carbocycles. The summed E-state index contributed by atoms with van der Waals surface area (Å²) in [5.74, 6) is 1.16. The van der Waals surface area contributed by atoms with Gasteiger partial charge in [-0.15, -0.1) is 0 Å². The van der Waals surface area contributed by atoms with E-state index in [0.717, 1.165) is 35.5 Å². The molecule has 0 unspecified atom stereocenters. The minimum absolute atomic E-state index is 0.149. The molecule has 164 valence electrons. The molecule has 7 heteroatoms. The van der Waals surface area contributed by atoms with Crippen LogP contribution in [0.4, 0.5) is 5.82 Å². The van der Waals surface area contributed by atoms with Crippen LogP contribution in [0.2, 0.25) is 18.1 Å². The second kappa shape index (κ2) is 10.1. The molecular formula is C23H35N3O3Si. The van der Waals surface area contributed by atoms with E-state index in [4.69, 9.17) is 19.9 Å². The zero-order valence-corrected chi connectivity index (χ0v) is 20.1. The molecule has 0 aliphatic carbocycles. The number of rotatable bonds is 9. The number of benzene rings is 1. The summed E-state index contributed by atoms with van der Waals surface area (Å²) in [5, 5.41) is 0.149. The van der Waals surface area contributed by atoms with Crippen LogP contribution in [0.15, 0.2) is 30.5 Å². The van der Waals surface area contributed by atoms with Gasteiger partial charge in [0.2, 0.25) is 8.32 Å². The summed E-state index contributed by atoms with van der Waals surface area (Å²) >= 11 is 0. The SMILES string of the molecule is CCOC(=O)CCCCc1nc(-c2ccc(O[Si](C)(C)C(C)(C)C)cc2)cnc1N. The van der Waals surface area contributed by atoms with E-state index >= 15 is 0 Å². The van der Waals surface area contributed by atoms with E-state index < -0.39 is 8.32 Å². The second-order valence-electron chi connectivity index (χ2n) is 8.99. The Morgan fingerprint density at radius 1 is 1.13 bits per heavy atom. The number of nitrogen functional groups attached to an aromatic ring is 1. The van der Waals surface area contributed by atoms with Gasteiger partial charge in [-0.3, -0.25) is 4.79 Å². The van der Waals surface area contributed by atoms with Gasteiger partial charge in [0.1, 0.15) is 11.6 Å². The molecule has 1 aromatic heterocycles. The Labute approximate surface area is 181 Å². The van der Waals surface area contributed by atoms with Crippen molar-refractivity contribution in [3.63, 3.8) is 0 Å². The number of aromatic nitrogens is 2. The van der Waals surface area contributed by atoms with Crippen molar-refractivity contribution in [1.82, 2.24) is 9.97 Å². The average molecular weight is 430 g/mol. The molecule has 0 atom stereocenters. The molecule has 0 spiro atoms. The zero-order valence-electron chi connectivity index (χ0n) is 19.1. The number of nitrogens with zero attached hydrogens (tertiary/aromatic N) is 2. The lowest BCUT2D eigenvalue weighted by Gasteiger charge is -2.36. The largest absolute Gasteiger partial charge is 0.544 e. The molecule has 0 fully saturated rings. The third kappa shape index (κ3) is 6.55. The van der Waals surface area contributed by atoms with Crippen molar-refractivity contribution in [3.8, 4) is 17.0 Å². The van der Waals surface area contributed by atoms with Crippen LogP contribution in [0.1, 0.15) is 52.7 Å². The Bertz CT molecular complexity index is 846. The van der Waals surface area contributed by atoms with Crippen molar-refractivity contribution in [2.75, 3.05) is 12.3 Å². The Balaban J connectivity index is 2.04. The van der Waals surface area contributed by atoms with Gasteiger partial charge in [-0.2, -0.15) is 0 Å². The van der Waals surface area contributed by atoms with Crippen molar-refractivity contribution in [2.45, 2.75) is 71.5 Å². The first-order valence-electron chi connectivity index (χ1n) is 10.6. The summed E-state index contributed by atoms with van der Waals surface area (Å²) < 4.78 is 11.3. The molecule has 0 aliphatic rings. The molecule has 0 radical (unpaired) electrons. The van der Waals surface area contributed by atoms with Gasteiger partial charge in [-0.05, 0) is 68.6 Å². The van der Waals surface area contributed by atoms with Gasteiger partial charge in [0.15, 0.2) is 0 Å². The number of anilines is 1. The van der Waals surface area contributed by atoms with Crippen LogP contribution in [-0.2, 0) is 16.0 Å². The summed E-state index contributed by atoms with van der Waals surface area (Å²) in [6, 6.07) is 8.00. The van der Waals surface area contributed by atoms with Gasteiger partial charge in [-0.1, -0.05) is 20.8 Å². The van der Waals surface area contributed by atoms with Crippen LogP contribution in [0.3, 0.4) is 0 Å².